The molecule has 23 heavy (non-hydrogen) atoms. The summed E-state index contributed by atoms with van der Waals surface area (Å²) in [7, 11) is 0. The maximum atomic E-state index is 9.64. The van der Waals surface area contributed by atoms with Gasteiger partial charge in [0.15, 0.2) is 0 Å². The van der Waals surface area contributed by atoms with Crippen molar-refractivity contribution in [1.82, 2.24) is 19.7 Å². The predicted molar refractivity (Wildman–Crippen MR) is 90.4 cm³/mol. The lowest BCUT2D eigenvalue weighted by Crippen LogP contribution is -2.41. The first-order chi connectivity index (χ1) is 11.2. The van der Waals surface area contributed by atoms with Crippen molar-refractivity contribution in [1.29, 1.82) is 0 Å². The predicted octanol–water partition coefficient (Wildman–Crippen LogP) is 2.56. The van der Waals surface area contributed by atoms with Crippen LogP contribution in [-0.2, 0) is 6.54 Å². The zero-order chi connectivity index (χ0) is 16.3. The third-order valence-corrected chi connectivity index (χ3v) is 5.34. The fraction of sp³-hybridized carbons (Fsp3) is 0.556. The lowest BCUT2D eigenvalue weighted by molar-refractivity contribution is 0.0382. The van der Waals surface area contributed by atoms with E-state index in [-0.39, 0.29) is 5.41 Å². The van der Waals surface area contributed by atoms with Gasteiger partial charge >= 0.3 is 0 Å². The van der Waals surface area contributed by atoms with Crippen molar-refractivity contribution in [3.63, 3.8) is 0 Å². The van der Waals surface area contributed by atoms with Gasteiger partial charge in [0.1, 0.15) is 12.7 Å². The first kappa shape index (κ1) is 16.1. The van der Waals surface area contributed by atoms with Crippen LogP contribution in [0.15, 0.2) is 30.9 Å². The average molecular weight is 314 g/mol. The molecule has 124 valence electrons. The molecule has 0 spiro atoms. The number of aliphatic hydroxyl groups excluding tert-OH is 1. The summed E-state index contributed by atoms with van der Waals surface area (Å²) in [6.45, 7) is 7.74. The standard InChI is InChI=1S/C18H26N4O/c1-3-18(12-23)6-8-21(9-7-18)11-16-4-5-17(15(2)10-16)22-14-19-13-20-22/h4-5,10,13-14,23H,3,6-9,11-12H2,1-2H3. The van der Waals surface area contributed by atoms with Crippen molar-refractivity contribution >= 4 is 0 Å². The van der Waals surface area contributed by atoms with E-state index < -0.39 is 0 Å². The van der Waals surface area contributed by atoms with Gasteiger partial charge in [0, 0.05) is 13.2 Å². The Morgan fingerprint density at radius 2 is 2.04 bits per heavy atom. The SMILES string of the molecule is CCC1(CO)CCN(Cc2ccc(-n3cncn3)c(C)c2)CC1. The Bertz CT molecular complexity index is 624. The number of aliphatic hydroxyl groups is 1. The van der Waals surface area contributed by atoms with Crippen molar-refractivity contribution in [2.45, 2.75) is 39.7 Å². The van der Waals surface area contributed by atoms with E-state index in [1.165, 1.54) is 11.1 Å². The van der Waals surface area contributed by atoms with Gasteiger partial charge in [0.2, 0.25) is 0 Å². The fourth-order valence-corrected chi connectivity index (χ4v) is 3.47. The van der Waals surface area contributed by atoms with Gasteiger partial charge in [-0.3, -0.25) is 4.90 Å². The molecule has 0 bridgehead atoms. The molecular weight excluding hydrogens is 288 g/mol. The monoisotopic (exact) mass is 314 g/mol. The summed E-state index contributed by atoms with van der Waals surface area (Å²) in [6, 6.07) is 6.54. The molecule has 0 aliphatic carbocycles. The van der Waals surface area contributed by atoms with Crippen molar-refractivity contribution < 1.29 is 5.11 Å². The Labute approximate surface area is 138 Å². The molecule has 0 radical (unpaired) electrons. The largest absolute Gasteiger partial charge is 0.396 e. The van der Waals surface area contributed by atoms with Crippen LogP contribution in [0.3, 0.4) is 0 Å². The minimum Gasteiger partial charge on any atom is -0.396 e. The van der Waals surface area contributed by atoms with Gasteiger partial charge in [-0.2, -0.15) is 5.10 Å². The maximum Gasteiger partial charge on any atom is 0.138 e. The van der Waals surface area contributed by atoms with Crippen LogP contribution in [0.4, 0.5) is 0 Å². The number of likely N-dealkylation sites (tertiary alicyclic amines) is 1. The summed E-state index contributed by atoms with van der Waals surface area (Å²) in [5, 5.41) is 13.8. The molecule has 1 aliphatic heterocycles. The normalized spacial score (nSPS) is 18.2. The summed E-state index contributed by atoms with van der Waals surface area (Å²) in [5.41, 5.74) is 3.78. The highest BCUT2D eigenvalue weighted by atomic mass is 16.3. The van der Waals surface area contributed by atoms with E-state index in [2.05, 4.69) is 47.0 Å². The molecule has 0 amide bonds. The molecule has 2 aromatic rings. The van der Waals surface area contributed by atoms with E-state index in [0.717, 1.165) is 44.6 Å². The highest BCUT2D eigenvalue weighted by molar-refractivity contribution is 5.41. The third-order valence-electron chi connectivity index (χ3n) is 5.34. The van der Waals surface area contributed by atoms with Crippen molar-refractivity contribution in [3.8, 4) is 5.69 Å². The third kappa shape index (κ3) is 3.46. The molecule has 1 fully saturated rings. The molecule has 5 heteroatoms. The summed E-state index contributed by atoms with van der Waals surface area (Å²) in [6.07, 6.45) is 6.54. The quantitative estimate of drug-likeness (QED) is 0.921. The molecular formula is C18H26N4O. The lowest BCUT2D eigenvalue weighted by atomic mass is 9.77. The summed E-state index contributed by atoms with van der Waals surface area (Å²) in [5.74, 6) is 0. The average Bonchev–Trinajstić information content (AvgIpc) is 3.10. The molecule has 0 atom stereocenters. The number of piperidine rings is 1. The van der Waals surface area contributed by atoms with Crippen molar-refractivity contribution in [3.05, 3.63) is 42.0 Å². The minimum atomic E-state index is 0.156. The van der Waals surface area contributed by atoms with Gasteiger partial charge in [0.25, 0.3) is 0 Å². The first-order valence-electron chi connectivity index (χ1n) is 8.43. The molecule has 5 nitrogen and oxygen atoms in total. The fourth-order valence-electron chi connectivity index (χ4n) is 3.47. The molecule has 0 saturated carbocycles. The second kappa shape index (κ2) is 6.81. The lowest BCUT2D eigenvalue weighted by Gasteiger charge is -2.40. The number of benzene rings is 1. The van der Waals surface area contributed by atoms with Crippen LogP contribution in [0.2, 0.25) is 0 Å². The summed E-state index contributed by atoms with van der Waals surface area (Å²) >= 11 is 0. The molecule has 1 aromatic carbocycles. The van der Waals surface area contributed by atoms with E-state index in [1.54, 1.807) is 17.3 Å². The second-order valence-electron chi connectivity index (χ2n) is 6.75. The van der Waals surface area contributed by atoms with Crippen LogP contribution in [0.5, 0.6) is 0 Å². The molecule has 1 aromatic heterocycles. The zero-order valence-electron chi connectivity index (χ0n) is 14.1. The zero-order valence-corrected chi connectivity index (χ0v) is 14.1. The first-order valence-corrected chi connectivity index (χ1v) is 8.43. The number of nitrogens with zero attached hydrogens (tertiary/aromatic N) is 4. The molecule has 1 N–H and O–H groups in total. The number of hydrogen-bond donors (Lipinski definition) is 1. The maximum absolute atomic E-state index is 9.64. The smallest absolute Gasteiger partial charge is 0.138 e. The van der Waals surface area contributed by atoms with Gasteiger partial charge in [-0.25, -0.2) is 9.67 Å². The Morgan fingerprint density at radius 3 is 2.61 bits per heavy atom. The van der Waals surface area contributed by atoms with Crippen LogP contribution >= 0.6 is 0 Å². The van der Waals surface area contributed by atoms with E-state index in [1.807, 2.05) is 0 Å². The van der Waals surface area contributed by atoms with Crippen LogP contribution in [-0.4, -0.2) is 44.5 Å². The van der Waals surface area contributed by atoms with Crippen LogP contribution in [0.1, 0.15) is 37.3 Å². The molecule has 1 saturated heterocycles. The van der Waals surface area contributed by atoms with Gasteiger partial charge in [-0.15, -0.1) is 0 Å². The Morgan fingerprint density at radius 1 is 1.26 bits per heavy atom. The summed E-state index contributed by atoms with van der Waals surface area (Å²) < 4.78 is 1.80. The van der Waals surface area contributed by atoms with E-state index >= 15 is 0 Å². The van der Waals surface area contributed by atoms with Gasteiger partial charge in [0.05, 0.1) is 5.69 Å². The second-order valence-corrected chi connectivity index (χ2v) is 6.75. The van der Waals surface area contributed by atoms with Crippen LogP contribution in [0, 0.1) is 12.3 Å². The molecule has 0 unspecified atom stereocenters. The number of rotatable bonds is 5. The Balaban J connectivity index is 1.64. The minimum absolute atomic E-state index is 0.156. The van der Waals surface area contributed by atoms with Crippen molar-refractivity contribution in [2.75, 3.05) is 19.7 Å². The van der Waals surface area contributed by atoms with Crippen LogP contribution in [0.25, 0.3) is 5.69 Å². The number of aromatic nitrogens is 3. The van der Waals surface area contributed by atoms with Crippen LogP contribution < -0.4 is 0 Å². The van der Waals surface area contributed by atoms with E-state index in [4.69, 9.17) is 0 Å². The highest BCUT2D eigenvalue weighted by Crippen LogP contribution is 2.34. The highest BCUT2D eigenvalue weighted by Gasteiger charge is 2.32. The van der Waals surface area contributed by atoms with Gasteiger partial charge in [-0.1, -0.05) is 19.1 Å². The molecule has 3 rings (SSSR count). The molecule has 2 heterocycles. The van der Waals surface area contributed by atoms with Crippen molar-refractivity contribution in [2.24, 2.45) is 5.41 Å². The van der Waals surface area contributed by atoms with Gasteiger partial charge in [-0.05, 0) is 61.9 Å². The Kier molecular flexibility index (Phi) is 4.78. The van der Waals surface area contributed by atoms with E-state index in [9.17, 15) is 5.11 Å². The number of hydrogen-bond acceptors (Lipinski definition) is 4. The van der Waals surface area contributed by atoms with E-state index in [0.29, 0.717) is 6.61 Å². The Hall–Kier alpha value is -1.72. The number of aryl methyl sites for hydroxylation is 1. The molecule has 1 aliphatic rings. The van der Waals surface area contributed by atoms with Gasteiger partial charge < -0.3 is 5.11 Å². The topological polar surface area (TPSA) is 54.2 Å². The summed E-state index contributed by atoms with van der Waals surface area (Å²) in [4.78, 5) is 6.50.